The zero-order valence-electron chi connectivity index (χ0n) is 13.7. The third kappa shape index (κ3) is 4.83. The maximum Gasteiger partial charge on any atom is 0.193 e. The Morgan fingerprint density at radius 3 is 1.64 bits per heavy atom. The molecule has 0 fully saturated rings. The molecule has 0 saturated heterocycles. The van der Waals surface area contributed by atoms with Crippen LogP contribution in [0.5, 0.6) is 0 Å². The average molecular weight is 329 g/mol. The summed E-state index contributed by atoms with van der Waals surface area (Å²) in [6, 6.07) is 30.7. The fourth-order valence-corrected chi connectivity index (χ4v) is 2.36. The number of rotatable bonds is 2. The molecule has 0 radical (unpaired) electrons. The van der Waals surface area contributed by atoms with E-state index in [1.807, 2.05) is 91.1 Å². The van der Waals surface area contributed by atoms with Crippen molar-refractivity contribution in [3.8, 4) is 0 Å². The number of aromatic nitrogens is 1. The summed E-state index contributed by atoms with van der Waals surface area (Å²) < 4.78 is 0. The van der Waals surface area contributed by atoms with E-state index in [1.54, 1.807) is 0 Å². The standard InChI is InChI=1S/C13H10O.C9H7N.H2O/c14-13(11-7-3-1-4-8-11)12-9-5-2-6-10-12;1-2-6-9-8(4-1)5-3-7-10-9;/h1-10H;1-7H;1H2. The van der Waals surface area contributed by atoms with Crippen molar-refractivity contribution in [2.24, 2.45) is 0 Å². The van der Waals surface area contributed by atoms with E-state index in [9.17, 15) is 4.79 Å². The van der Waals surface area contributed by atoms with Gasteiger partial charge >= 0.3 is 0 Å². The number of ketones is 1. The highest BCUT2D eigenvalue weighted by Crippen LogP contribution is 2.09. The molecule has 3 nitrogen and oxygen atoms in total. The number of carbonyl (C=O) groups is 1. The van der Waals surface area contributed by atoms with Crippen LogP contribution >= 0.6 is 0 Å². The lowest BCUT2D eigenvalue weighted by Gasteiger charge is -1.99. The normalized spacial score (nSPS) is 9.44. The lowest BCUT2D eigenvalue weighted by Crippen LogP contribution is -1.99. The lowest BCUT2D eigenvalue weighted by molar-refractivity contribution is 0.103. The van der Waals surface area contributed by atoms with Crippen molar-refractivity contribution in [2.75, 3.05) is 0 Å². The number of hydrogen-bond acceptors (Lipinski definition) is 2. The van der Waals surface area contributed by atoms with Crippen molar-refractivity contribution < 1.29 is 10.3 Å². The molecule has 1 heterocycles. The van der Waals surface area contributed by atoms with E-state index < -0.39 is 0 Å². The Morgan fingerprint density at radius 1 is 0.600 bits per heavy atom. The Morgan fingerprint density at radius 2 is 1.08 bits per heavy atom. The van der Waals surface area contributed by atoms with Gasteiger partial charge in [-0.15, -0.1) is 0 Å². The summed E-state index contributed by atoms with van der Waals surface area (Å²) in [6.07, 6.45) is 1.81. The lowest BCUT2D eigenvalue weighted by atomic mass is 10.0. The van der Waals surface area contributed by atoms with Gasteiger partial charge < -0.3 is 5.48 Å². The van der Waals surface area contributed by atoms with Crippen LogP contribution in [-0.4, -0.2) is 16.2 Å². The van der Waals surface area contributed by atoms with Crippen molar-refractivity contribution in [3.63, 3.8) is 0 Å². The molecule has 1 aromatic heterocycles. The van der Waals surface area contributed by atoms with Crippen molar-refractivity contribution in [2.45, 2.75) is 0 Å². The Kier molecular flexibility index (Phi) is 6.57. The summed E-state index contributed by atoms with van der Waals surface area (Å²) in [5.41, 5.74) is 2.53. The summed E-state index contributed by atoms with van der Waals surface area (Å²) in [7, 11) is 0. The molecule has 3 aromatic carbocycles. The van der Waals surface area contributed by atoms with Crippen molar-refractivity contribution in [1.29, 1.82) is 0 Å². The summed E-state index contributed by atoms with van der Waals surface area (Å²) >= 11 is 0. The van der Waals surface area contributed by atoms with E-state index in [0.717, 1.165) is 16.6 Å². The number of hydrogen-bond donors (Lipinski definition) is 0. The summed E-state index contributed by atoms with van der Waals surface area (Å²) in [6.45, 7) is 0. The molecule has 0 aliphatic carbocycles. The second-order valence-corrected chi connectivity index (χ2v) is 5.26. The SMILES string of the molecule is O.O=C(c1ccccc1)c1ccccc1.c1ccc2ncccc2c1. The number of para-hydroxylation sites is 1. The van der Waals surface area contributed by atoms with Gasteiger partial charge in [0.15, 0.2) is 5.78 Å². The molecule has 4 aromatic rings. The smallest absolute Gasteiger partial charge is 0.193 e. The zero-order chi connectivity index (χ0) is 16.6. The van der Waals surface area contributed by atoms with Gasteiger partial charge in [-0.05, 0) is 12.1 Å². The van der Waals surface area contributed by atoms with Gasteiger partial charge in [-0.2, -0.15) is 0 Å². The topological polar surface area (TPSA) is 61.5 Å². The van der Waals surface area contributed by atoms with Crippen molar-refractivity contribution in [1.82, 2.24) is 4.98 Å². The van der Waals surface area contributed by atoms with Crippen LogP contribution in [0.1, 0.15) is 15.9 Å². The Balaban J connectivity index is 0.000000182. The molecule has 2 N–H and O–H groups in total. The quantitative estimate of drug-likeness (QED) is 0.514. The van der Waals surface area contributed by atoms with E-state index in [-0.39, 0.29) is 11.3 Å². The third-order valence-electron chi connectivity index (χ3n) is 3.58. The number of pyridine rings is 1. The van der Waals surface area contributed by atoms with Gasteiger partial charge in [0.2, 0.25) is 0 Å². The fourth-order valence-electron chi connectivity index (χ4n) is 2.36. The molecule has 0 atom stereocenters. The maximum absolute atomic E-state index is 11.8. The van der Waals surface area contributed by atoms with Gasteiger partial charge in [0, 0.05) is 22.7 Å². The number of nitrogens with zero attached hydrogens (tertiary/aromatic N) is 1. The largest absolute Gasteiger partial charge is 0.412 e. The first-order valence-corrected chi connectivity index (χ1v) is 7.79. The fraction of sp³-hybridized carbons (Fsp3) is 0. The molecule has 0 aliphatic heterocycles. The van der Waals surface area contributed by atoms with E-state index in [2.05, 4.69) is 17.1 Å². The summed E-state index contributed by atoms with van der Waals surface area (Å²) in [5.74, 6) is 0.0752. The minimum atomic E-state index is 0. The predicted octanol–water partition coefficient (Wildman–Crippen LogP) is 4.33. The van der Waals surface area contributed by atoms with Crippen LogP contribution in [0.2, 0.25) is 0 Å². The molecular weight excluding hydrogens is 310 g/mol. The molecule has 0 aliphatic rings. The molecular formula is C22H19NO2. The summed E-state index contributed by atoms with van der Waals surface area (Å²) in [4.78, 5) is 16.0. The van der Waals surface area contributed by atoms with Gasteiger partial charge in [0.25, 0.3) is 0 Å². The van der Waals surface area contributed by atoms with Crippen LogP contribution in [0.25, 0.3) is 10.9 Å². The average Bonchev–Trinajstić information content (AvgIpc) is 2.69. The van der Waals surface area contributed by atoms with Gasteiger partial charge in [0.1, 0.15) is 0 Å². The Bertz CT molecular complexity index is 815. The number of benzene rings is 3. The van der Waals surface area contributed by atoms with Crippen LogP contribution in [-0.2, 0) is 0 Å². The van der Waals surface area contributed by atoms with E-state index in [0.29, 0.717) is 0 Å². The highest BCUT2D eigenvalue weighted by Gasteiger charge is 2.06. The number of fused-ring (bicyclic) bond motifs is 1. The third-order valence-corrected chi connectivity index (χ3v) is 3.58. The van der Waals surface area contributed by atoms with Crippen LogP contribution in [0, 0.1) is 0 Å². The van der Waals surface area contributed by atoms with Crippen LogP contribution < -0.4 is 0 Å². The maximum atomic E-state index is 11.8. The van der Waals surface area contributed by atoms with Gasteiger partial charge in [0.05, 0.1) is 5.52 Å². The van der Waals surface area contributed by atoms with Gasteiger partial charge in [-0.25, -0.2) is 0 Å². The molecule has 0 amide bonds. The van der Waals surface area contributed by atoms with Gasteiger partial charge in [-0.1, -0.05) is 84.9 Å². The minimum absolute atomic E-state index is 0. The van der Waals surface area contributed by atoms with Crippen LogP contribution in [0.15, 0.2) is 103 Å². The molecule has 0 saturated carbocycles. The van der Waals surface area contributed by atoms with Gasteiger partial charge in [-0.3, -0.25) is 9.78 Å². The molecule has 4 rings (SSSR count). The molecule has 0 bridgehead atoms. The van der Waals surface area contributed by atoms with Crippen molar-refractivity contribution in [3.05, 3.63) is 114 Å². The first-order chi connectivity index (χ1) is 11.8. The monoisotopic (exact) mass is 329 g/mol. The first-order valence-electron chi connectivity index (χ1n) is 7.79. The predicted molar refractivity (Wildman–Crippen MR) is 102 cm³/mol. The minimum Gasteiger partial charge on any atom is -0.412 e. The molecule has 25 heavy (non-hydrogen) atoms. The molecule has 0 unspecified atom stereocenters. The molecule has 124 valence electrons. The highest BCUT2D eigenvalue weighted by molar-refractivity contribution is 6.08. The first kappa shape index (κ1) is 18.0. The molecule has 0 spiro atoms. The summed E-state index contributed by atoms with van der Waals surface area (Å²) in [5, 5.41) is 1.20. The number of carbonyl (C=O) groups excluding carboxylic acids is 1. The van der Waals surface area contributed by atoms with E-state index in [1.165, 1.54) is 5.39 Å². The Hall–Kier alpha value is -3.30. The second-order valence-electron chi connectivity index (χ2n) is 5.26. The van der Waals surface area contributed by atoms with E-state index >= 15 is 0 Å². The highest BCUT2D eigenvalue weighted by atomic mass is 16.1. The van der Waals surface area contributed by atoms with Crippen molar-refractivity contribution >= 4 is 16.7 Å². The second kappa shape index (κ2) is 9.11. The van der Waals surface area contributed by atoms with E-state index in [4.69, 9.17) is 0 Å². The molecule has 3 heteroatoms. The van der Waals surface area contributed by atoms with Crippen LogP contribution in [0.3, 0.4) is 0 Å². The van der Waals surface area contributed by atoms with Crippen LogP contribution in [0.4, 0.5) is 0 Å². The zero-order valence-corrected chi connectivity index (χ0v) is 13.7. The Labute approximate surface area is 146 Å².